The Hall–Kier alpha value is -1.17. The number of ether oxygens (including phenoxy) is 13. The summed E-state index contributed by atoms with van der Waals surface area (Å²) in [6.07, 6.45) is 15.0. The van der Waals surface area contributed by atoms with Gasteiger partial charge >= 0.3 is 0 Å². The van der Waals surface area contributed by atoms with E-state index in [-0.39, 0.29) is 0 Å². The molecule has 0 aliphatic rings. The van der Waals surface area contributed by atoms with Crippen LogP contribution >= 0.6 is 11.6 Å². The van der Waals surface area contributed by atoms with Gasteiger partial charge in [0, 0.05) is 12.5 Å². The third-order valence-electron chi connectivity index (χ3n) is 8.75. The number of halogens is 1. The predicted molar refractivity (Wildman–Crippen MR) is 233 cm³/mol. The Bertz CT molecular complexity index is 918. The molecule has 0 aromatic heterocycles. The monoisotopic (exact) mass is 867 g/mol. The number of rotatable bonds is 51. The van der Waals surface area contributed by atoms with Crippen LogP contribution in [0.25, 0.3) is 0 Å². The van der Waals surface area contributed by atoms with E-state index in [9.17, 15) is 0 Å². The van der Waals surface area contributed by atoms with E-state index in [0.717, 1.165) is 37.5 Å². The minimum absolute atomic E-state index is 0.509. The number of benzene rings is 1. The van der Waals surface area contributed by atoms with Crippen LogP contribution < -0.4 is 4.74 Å². The van der Waals surface area contributed by atoms with Gasteiger partial charge in [0.25, 0.3) is 0 Å². The summed E-state index contributed by atoms with van der Waals surface area (Å²) in [6, 6.07) is 8.46. The summed E-state index contributed by atoms with van der Waals surface area (Å²) >= 11 is 5.66. The molecule has 0 radical (unpaired) electrons. The number of aryl methyl sites for hydroxylation is 1. The maximum atomic E-state index is 5.79. The maximum Gasteiger partial charge on any atom is 0.119 e. The minimum atomic E-state index is 0.509. The van der Waals surface area contributed by atoms with Crippen LogP contribution in [0, 0.1) is 0 Å². The van der Waals surface area contributed by atoms with Crippen molar-refractivity contribution in [3.8, 4) is 5.75 Å². The molecular weight excluding hydrogens is 784 g/mol. The summed E-state index contributed by atoms with van der Waals surface area (Å²) in [6.45, 7) is 15.7. The maximum absolute atomic E-state index is 5.79. The quantitative estimate of drug-likeness (QED) is 0.0480. The molecule has 1 aromatic rings. The van der Waals surface area contributed by atoms with Gasteiger partial charge in [0.05, 0.1) is 152 Å². The Morgan fingerprint density at radius 2 is 0.593 bits per heavy atom. The molecule has 0 N–H and O–H groups in total. The summed E-state index contributed by atoms with van der Waals surface area (Å²) in [5.41, 5.74) is 1.38. The van der Waals surface area contributed by atoms with Crippen LogP contribution in [0.3, 0.4) is 0 Å². The molecule has 0 spiro atoms. The minimum Gasteiger partial charge on any atom is -0.491 e. The van der Waals surface area contributed by atoms with Crippen molar-refractivity contribution in [3.63, 3.8) is 0 Å². The van der Waals surface area contributed by atoms with Gasteiger partial charge in [-0.2, -0.15) is 0 Å². The van der Waals surface area contributed by atoms with Gasteiger partial charge in [-0.15, -0.1) is 11.6 Å². The second kappa shape index (κ2) is 49.5. The van der Waals surface area contributed by atoms with E-state index in [0.29, 0.717) is 159 Å². The first-order valence-electron chi connectivity index (χ1n) is 22.6. The molecule has 0 aliphatic heterocycles. The molecule has 0 atom stereocenters. The Balaban J connectivity index is 1.66. The van der Waals surface area contributed by atoms with Crippen LogP contribution in [0.1, 0.15) is 83.1 Å². The van der Waals surface area contributed by atoms with E-state index >= 15 is 0 Å². The third-order valence-corrected chi connectivity index (χ3v) is 9.02. The molecule has 0 saturated carbocycles. The van der Waals surface area contributed by atoms with Gasteiger partial charge in [-0.05, 0) is 43.4 Å². The molecule has 14 heteroatoms. The van der Waals surface area contributed by atoms with Crippen LogP contribution in [0.5, 0.6) is 5.75 Å². The number of unbranched alkanes of at least 4 members (excludes halogenated alkanes) is 9. The summed E-state index contributed by atoms with van der Waals surface area (Å²) in [5, 5.41) is 0. The second-order valence-electron chi connectivity index (χ2n) is 13.8. The lowest BCUT2D eigenvalue weighted by molar-refractivity contribution is -0.0285. The third kappa shape index (κ3) is 44.7. The predicted octanol–water partition coefficient (Wildman–Crippen LogP) is 7.36. The van der Waals surface area contributed by atoms with Crippen molar-refractivity contribution in [2.24, 2.45) is 0 Å². The average Bonchev–Trinajstić information content (AvgIpc) is 3.25. The van der Waals surface area contributed by atoms with Crippen molar-refractivity contribution < 1.29 is 61.6 Å². The highest BCUT2D eigenvalue weighted by atomic mass is 35.5. The number of alkyl halides is 1. The Labute approximate surface area is 362 Å². The fourth-order valence-electron chi connectivity index (χ4n) is 5.43. The lowest BCUT2D eigenvalue weighted by atomic mass is 10.0. The Morgan fingerprint density at radius 3 is 0.949 bits per heavy atom. The molecular formula is C45H83ClO13. The van der Waals surface area contributed by atoms with Gasteiger partial charge in [-0.3, -0.25) is 0 Å². The van der Waals surface area contributed by atoms with Gasteiger partial charge in [-0.25, -0.2) is 0 Å². The highest BCUT2D eigenvalue weighted by Gasteiger charge is 2.00. The molecule has 0 fully saturated rings. The molecule has 0 aliphatic carbocycles. The first-order chi connectivity index (χ1) is 29.4. The van der Waals surface area contributed by atoms with Crippen molar-refractivity contribution in [3.05, 3.63) is 29.8 Å². The van der Waals surface area contributed by atoms with E-state index in [1.165, 1.54) is 63.4 Å². The lowest BCUT2D eigenvalue weighted by Gasteiger charge is -2.09. The van der Waals surface area contributed by atoms with Gasteiger partial charge in [0.15, 0.2) is 0 Å². The number of hydrogen-bond donors (Lipinski definition) is 0. The normalized spacial score (nSPS) is 11.6. The Kier molecular flexibility index (Phi) is 46.8. The SMILES string of the molecule is CCCCCCCCCc1ccc(OCCOCCOCCOCCOCCOCCOCCOCCOCCOCCOCCOCCOCCCCCCCl)cc1. The summed E-state index contributed by atoms with van der Waals surface area (Å²) in [5.74, 6) is 1.63. The lowest BCUT2D eigenvalue weighted by Crippen LogP contribution is -2.15. The van der Waals surface area contributed by atoms with Crippen LogP contribution in [-0.2, 0) is 63.3 Å². The van der Waals surface area contributed by atoms with Crippen LogP contribution in [0.4, 0.5) is 0 Å². The zero-order valence-electron chi connectivity index (χ0n) is 36.9. The number of hydrogen-bond acceptors (Lipinski definition) is 13. The Morgan fingerprint density at radius 1 is 0.305 bits per heavy atom. The van der Waals surface area contributed by atoms with Crippen LogP contribution in [-0.4, -0.2) is 171 Å². The van der Waals surface area contributed by atoms with Crippen LogP contribution in [0.2, 0.25) is 0 Å². The van der Waals surface area contributed by atoms with E-state index < -0.39 is 0 Å². The molecule has 13 nitrogen and oxygen atoms in total. The van der Waals surface area contributed by atoms with Gasteiger partial charge < -0.3 is 61.6 Å². The van der Waals surface area contributed by atoms with Crippen molar-refractivity contribution in [1.82, 2.24) is 0 Å². The summed E-state index contributed by atoms with van der Waals surface area (Å²) < 4.78 is 72.1. The molecule has 0 heterocycles. The second-order valence-corrected chi connectivity index (χ2v) is 14.2. The van der Waals surface area contributed by atoms with Gasteiger partial charge in [0.1, 0.15) is 12.4 Å². The van der Waals surface area contributed by atoms with E-state index in [1.54, 1.807) is 0 Å². The molecule has 1 aromatic carbocycles. The van der Waals surface area contributed by atoms with E-state index in [1.807, 2.05) is 0 Å². The molecule has 348 valence electrons. The molecule has 0 amide bonds. The van der Waals surface area contributed by atoms with Crippen molar-refractivity contribution in [2.75, 3.05) is 171 Å². The summed E-state index contributed by atoms with van der Waals surface area (Å²) in [4.78, 5) is 0. The highest BCUT2D eigenvalue weighted by Crippen LogP contribution is 2.15. The van der Waals surface area contributed by atoms with E-state index in [2.05, 4.69) is 31.2 Å². The topological polar surface area (TPSA) is 120 Å². The summed E-state index contributed by atoms with van der Waals surface area (Å²) in [7, 11) is 0. The average molecular weight is 868 g/mol. The molecule has 0 saturated heterocycles. The zero-order valence-corrected chi connectivity index (χ0v) is 37.6. The molecule has 0 unspecified atom stereocenters. The van der Waals surface area contributed by atoms with Gasteiger partial charge in [0.2, 0.25) is 0 Å². The van der Waals surface area contributed by atoms with Crippen LogP contribution in [0.15, 0.2) is 24.3 Å². The molecule has 0 bridgehead atoms. The van der Waals surface area contributed by atoms with E-state index in [4.69, 9.17) is 73.2 Å². The molecule has 1 rings (SSSR count). The smallest absolute Gasteiger partial charge is 0.119 e. The largest absolute Gasteiger partial charge is 0.491 e. The highest BCUT2D eigenvalue weighted by molar-refractivity contribution is 6.17. The van der Waals surface area contributed by atoms with Crippen molar-refractivity contribution in [2.45, 2.75) is 84.0 Å². The first-order valence-corrected chi connectivity index (χ1v) is 23.1. The fraction of sp³-hybridized carbons (Fsp3) is 0.867. The van der Waals surface area contributed by atoms with Gasteiger partial charge in [-0.1, -0.05) is 70.4 Å². The van der Waals surface area contributed by atoms with Crippen molar-refractivity contribution >= 4 is 11.6 Å². The molecule has 59 heavy (non-hydrogen) atoms. The first kappa shape index (κ1) is 55.8. The van der Waals surface area contributed by atoms with Crippen molar-refractivity contribution in [1.29, 1.82) is 0 Å². The fourth-order valence-corrected chi connectivity index (χ4v) is 5.62. The standard InChI is InChI=1S/C45H83ClO13/c1-2-3-4-5-6-7-10-13-44-14-16-45(17-15-44)59-43-42-58-41-40-57-39-38-56-37-36-55-35-34-54-33-32-53-31-30-52-29-28-51-27-26-50-25-24-49-23-22-48-21-20-47-19-12-9-8-11-18-46/h14-17H,2-13,18-43H2,1H3. The zero-order chi connectivity index (χ0) is 42.0.